The molecule has 0 radical (unpaired) electrons. The summed E-state index contributed by atoms with van der Waals surface area (Å²) in [6.45, 7) is 2.04. The molecule has 0 aliphatic heterocycles. The molecule has 110 valence electrons. The van der Waals surface area contributed by atoms with Crippen LogP contribution in [0.4, 0.5) is 4.39 Å². The highest BCUT2D eigenvalue weighted by Crippen LogP contribution is 2.00. The molecule has 0 unspecified atom stereocenters. The Kier molecular flexibility index (Phi) is 5.78. The highest BCUT2D eigenvalue weighted by Gasteiger charge is 2.05. The monoisotopic (exact) mass is 288 g/mol. The van der Waals surface area contributed by atoms with Crippen LogP contribution in [-0.4, -0.2) is 29.0 Å². The maximum atomic E-state index is 12.9. The number of carbonyl (C=O) groups excluding carboxylic acids is 1. The first-order chi connectivity index (χ1) is 10.3. The van der Waals surface area contributed by atoms with E-state index in [1.165, 1.54) is 12.3 Å². The number of halogens is 1. The van der Waals surface area contributed by atoms with Crippen molar-refractivity contribution in [3.05, 3.63) is 59.9 Å². The van der Waals surface area contributed by atoms with Crippen molar-refractivity contribution >= 4 is 5.91 Å². The van der Waals surface area contributed by atoms with Gasteiger partial charge in [0.2, 0.25) is 0 Å². The van der Waals surface area contributed by atoms with E-state index in [0.29, 0.717) is 6.54 Å². The van der Waals surface area contributed by atoms with Crippen LogP contribution in [0.25, 0.3) is 0 Å². The zero-order valence-corrected chi connectivity index (χ0v) is 11.6. The normalized spacial score (nSPS) is 10.3. The Bertz CT molecular complexity index is 577. The first-order valence-corrected chi connectivity index (χ1v) is 6.74. The molecule has 0 saturated carbocycles. The number of pyridine rings is 2. The van der Waals surface area contributed by atoms with Crippen LogP contribution in [0.3, 0.4) is 0 Å². The standard InChI is InChI=1S/C15H17FN4O/c16-14-7-13(10-19-11-14)15(21)20-6-2-5-18-9-12-3-1-4-17-8-12/h1,3-4,7-8,10-11,18H,2,5-6,9H2,(H,20,21). The first kappa shape index (κ1) is 15.1. The Hall–Kier alpha value is -2.34. The second-order valence-corrected chi connectivity index (χ2v) is 4.54. The number of rotatable bonds is 7. The van der Waals surface area contributed by atoms with Gasteiger partial charge >= 0.3 is 0 Å². The molecule has 0 aliphatic rings. The van der Waals surface area contributed by atoms with Crippen molar-refractivity contribution in [1.82, 2.24) is 20.6 Å². The molecule has 21 heavy (non-hydrogen) atoms. The van der Waals surface area contributed by atoms with Gasteiger partial charge in [-0.1, -0.05) is 6.07 Å². The summed E-state index contributed by atoms with van der Waals surface area (Å²) in [5, 5.41) is 5.99. The fourth-order valence-electron chi connectivity index (χ4n) is 1.79. The molecule has 0 saturated heterocycles. The second kappa shape index (κ2) is 8.06. The van der Waals surface area contributed by atoms with Crippen LogP contribution in [-0.2, 0) is 6.54 Å². The molecule has 0 aliphatic carbocycles. The lowest BCUT2D eigenvalue weighted by Crippen LogP contribution is -2.27. The number of carbonyl (C=O) groups is 1. The Labute approximate surface area is 122 Å². The van der Waals surface area contributed by atoms with Gasteiger partial charge < -0.3 is 10.6 Å². The molecule has 2 aromatic rings. The lowest BCUT2D eigenvalue weighted by atomic mass is 10.2. The Morgan fingerprint density at radius 1 is 1.19 bits per heavy atom. The van der Waals surface area contributed by atoms with E-state index < -0.39 is 5.82 Å². The Morgan fingerprint density at radius 3 is 2.86 bits per heavy atom. The van der Waals surface area contributed by atoms with Crippen LogP contribution in [0.1, 0.15) is 22.3 Å². The molecule has 0 atom stereocenters. The molecule has 2 heterocycles. The summed E-state index contributed by atoms with van der Waals surface area (Å²) in [5.74, 6) is -0.824. The van der Waals surface area contributed by atoms with Crippen molar-refractivity contribution in [2.24, 2.45) is 0 Å². The third-order valence-corrected chi connectivity index (χ3v) is 2.83. The van der Waals surface area contributed by atoms with Crippen molar-refractivity contribution in [2.75, 3.05) is 13.1 Å². The second-order valence-electron chi connectivity index (χ2n) is 4.54. The van der Waals surface area contributed by atoms with Crippen molar-refractivity contribution < 1.29 is 9.18 Å². The average Bonchev–Trinajstić information content (AvgIpc) is 2.51. The smallest absolute Gasteiger partial charge is 0.252 e. The zero-order valence-electron chi connectivity index (χ0n) is 11.6. The van der Waals surface area contributed by atoms with Gasteiger partial charge in [-0.15, -0.1) is 0 Å². The Balaban J connectivity index is 1.60. The molecule has 0 fully saturated rings. The molecule has 1 amide bonds. The summed E-state index contributed by atoms with van der Waals surface area (Å²) < 4.78 is 12.9. The van der Waals surface area contributed by atoms with Crippen LogP contribution in [0.15, 0.2) is 43.0 Å². The lowest BCUT2D eigenvalue weighted by Gasteiger charge is -2.06. The highest BCUT2D eigenvalue weighted by molar-refractivity contribution is 5.93. The van der Waals surface area contributed by atoms with Crippen LogP contribution in [0.5, 0.6) is 0 Å². The molecule has 0 spiro atoms. The van der Waals surface area contributed by atoms with E-state index in [1.54, 1.807) is 6.20 Å². The van der Waals surface area contributed by atoms with Crippen LogP contribution >= 0.6 is 0 Å². The molecule has 6 heteroatoms. The minimum Gasteiger partial charge on any atom is -0.352 e. The molecule has 0 aromatic carbocycles. The van der Waals surface area contributed by atoms with E-state index in [-0.39, 0.29) is 11.5 Å². The quantitative estimate of drug-likeness (QED) is 0.758. The van der Waals surface area contributed by atoms with Gasteiger partial charge in [-0.25, -0.2) is 4.39 Å². The van der Waals surface area contributed by atoms with E-state index in [0.717, 1.165) is 31.3 Å². The maximum Gasteiger partial charge on any atom is 0.252 e. The third-order valence-electron chi connectivity index (χ3n) is 2.83. The van der Waals surface area contributed by atoms with E-state index in [9.17, 15) is 9.18 Å². The largest absolute Gasteiger partial charge is 0.352 e. The highest BCUT2D eigenvalue weighted by atomic mass is 19.1. The Morgan fingerprint density at radius 2 is 2.10 bits per heavy atom. The topological polar surface area (TPSA) is 66.9 Å². The van der Waals surface area contributed by atoms with Gasteiger partial charge in [0.15, 0.2) is 0 Å². The number of nitrogens with zero attached hydrogens (tertiary/aromatic N) is 2. The molecule has 2 rings (SSSR count). The number of aromatic nitrogens is 2. The summed E-state index contributed by atoms with van der Waals surface area (Å²) in [6.07, 6.45) is 6.75. The van der Waals surface area contributed by atoms with Crippen molar-refractivity contribution in [1.29, 1.82) is 0 Å². The minimum atomic E-state index is -0.513. The number of hydrogen-bond acceptors (Lipinski definition) is 4. The van der Waals surface area contributed by atoms with Gasteiger partial charge in [0.05, 0.1) is 11.8 Å². The van der Waals surface area contributed by atoms with Gasteiger partial charge in [-0.2, -0.15) is 0 Å². The molecule has 0 bridgehead atoms. The minimum absolute atomic E-state index is 0.235. The lowest BCUT2D eigenvalue weighted by molar-refractivity contribution is 0.0952. The summed E-state index contributed by atoms with van der Waals surface area (Å²) in [4.78, 5) is 19.4. The van der Waals surface area contributed by atoms with Crippen molar-refractivity contribution in [3.8, 4) is 0 Å². The predicted octanol–water partition coefficient (Wildman–Crippen LogP) is 1.53. The third kappa shape index (κ3) is 5.27. The van der Waals surface area contributed by atoms with E-state index >= 15 is 0 Å². The number of hydrogen-bond donors (Lipinski definition) is 2. The fourth-order valence-corrected chi connectivity index (χ4v) is 1.79. The molecular weight excluding hydrogens is 271 g/mol. The van der Waals surface area contributed by atoms with Gasteiger partial charge in [0.25, 0.3) is 5.91 Å². The summed E-state index contributed by atoms with van der Waals surface area (Å²) in [7, 11) is 0. The van der Waals surface area contributed by atoms with Gasteiger partial charge in [-0.3, -0.25) is 14.8 Å². The zero-order chi connectivity index (χ0) is 14.9. The average molecular weight is 288 g/mol. The maximum absolute atomic E-state index is 12.9. The SMILES string of the molecule is O=C(NCCCNCc1cccnc1)c1cncc(F)c1. The number of nitrogens with one attached hydrogen (secondary N) is 2. The molecule has 2 N–H and O–H groups in total. The first-order valence-electron chi connectivity index (χ1n) is 6.74. The molecule has 5 nitrogen and oxygen atoms in total. The summed E-state index contributed by atoms with van der Waals surface area (Å²) in [5.41, 5.74) is 1.35. The van der Waals surface area contributed by atoms with Crippen LogP contribution < -0.4 is 10.6 Å². The van der Waals surface area contributed by atoms with Gasteiger partial charge in [-0.05, 0) is 30.7 Å². The fraction of sp³-hybridized carbons (Fsp3) is 0.267. The van der Waals surface area contributed by atoms with Crippen LogP contribution in [0.2, 0.25) is 0 Å². The van der Waals surface area contributed by atoms with Crippen molar-refractivity contribution in [2.45, 2.75) is 13.0 Å². The molecular formula is C15H17FN4O. The van der Waals surface area contributed by atoms with Crippen LogP contribution in [0, 0.1) is 5.82 Å². The molecule has 2 aromatic heterocycles. The number of amides is 1. The van der Waals surface area contributed by atoms with Crippen molar-refractivity contribution in [3.63, 3.8) is 0 Å². The van der Waals surface area contributed by atoms with E-state index in [2.05, 4.69) is 20.6 Å². The van der Waals surface area contributed by atoms with E-state index in [1.807, 2.05) is 18.3 Å². The van der Waals surface area contributed by atoms with Gasteiger partial charge in [0, 0.05) is 31.7 Å². The predicted molar refractivity (Wildman–Crippen MR) is 77.1 cm³/mol. The summed E-state index contributed by atoms with van der Waals surface area (Å²) >= 11 is 0. The van der Waals surface area contributed by atoms with E-state index in [4.69, 9.17) is 0 Å². The van der Waals surface area contributed by atoms with Gasteiger partial charge in [0.1, 0.15) is 5.82 Å². The summed E-state index contributed by atoms with van der Waals surface area (Å²) in [6, 6.07) is 5.06.